The van der Waals surface area contributed by atoms with Gasteiger partial charge >= 0.3 is 5.97 Å². The quantitative estimate of drug-likeness (QED) is 0.420. The number of cyclic esters (lactones) is 1. The molecule has 0 aromatic heterocycles. The van der Waals surface area contributed by atoms with Gasteiger partial charge in [-0.15, -0.1) is 0 Å². The summed E-state index contributed by atoms with van der Waals surface area (Å²) in [7, 11) is 0. The van der Waals surface area contributed by atoms with Crippen molar-refractivity contribution in [3.8, 4) is 5.75 Å². The molecule has 0 aliphatic carbocycles. The van der Waals surface area contributed by atoms with Crippen LogP contribution in [0.5, 0.6) is 5.75 Å². The molecule has 0 N–H and O–H groups in total. The molecule has 0 radical (unpaired) electrons. The van der Waals surface area contributed by atoms with Crippen LogP contribution in [0.4, 0.5) is 4.39 Å². The Morgan fingerprint density at radius 2 is 1.79 bits per heavy atom. The Balaban J connectivity index is 1.50. The first-order valence-electron chi connectivity index (χ1n) is 8.83. The standard InChI is InChI=1S/C23H15ClFNO3/c24-18-8-6-17(7-9-18)22-26-21(23(27)29-22)13-16-2-1-3-20(12-16)28-14-15-4-10-19(25)11-5-15/h1-13H,14H2/b21-13+. The molecule has 1 aliphatic heterocycles. The van der Waals surface area contributed by atoms with E-state index >= 15 is 0 Å². The normalized spacial score (nSPS) is 14.6. The van der Waals surface area contributed by atoms with E-state index in [2.05, 4.69) is 4.99 Å². The summed E-state index contributed by atoms with van der Waals surface area (Å²) in [6.45, 7) is 0.307. The van der Waals surface area contributed by atoms with Gasteiger partial charge in [0.1, 0.15) is 18.2 Å². The molecule has 0 fully saturated rings. The van der Waals surface area contributed by atoms with E-state index in [4.69, 9.17) is 21.1 Å². The summed E-state index contributed by atoms with van der Waals surface area (Å²) in [5.74, 6) is 0.0514. The average Bonchev–Trinajstić information content (AvgIpc) is 3.09. The molecular weight excluding hydrogens is 393 g/mol. The zero-order valence-corrected chi connectivity index (χ0v) is 15.9. The molecule has 3 aromatic carbocycles. The average molecular weight is 408 g/mol. The molecule has 29 heavy (non-hydrogen) atoms. The summed E-state index contributed by atoms with van der Waals surface area (Å²) in [6.07, 6.45) is 1.63. The van der Waals surface area contributed by atoms with E-state index in [1.54, 1.807) is 54.6 Å². The second kappa shape index (κ2) is 8.29. The van der Waals surface area contributed by atoms with Crippen LogP contribution in [0, 0.1) is 5.82 Å². The molecule has 0 atom stereocenters. The van der Waals surface area contributed by atoms with Crippen molar-refractivity contribution in [1.29, 1.82) is 0 Å². The molecule has 144 valence electrons. The highest BCUT2D eigenvalue weighted by Gasteiger charge is 2.24. The van der Waals surface area contributed by atoms with Gasteiger partial charge in [-0.1, -0.05) is 35.9 Å². The summed E-state index contributed by atoms with van der Waals surface area (Å²) < 4.78 is 24.0. The second-order valence-electron chi connectivity index (χ2n) is 6.33. The molecule has 0 unspecified atom stereocenters. The van der Waals surface area contributed by atoms with Crippen molar-refractivity contribution >= 4 is 29.5 Å². The van der Waals surface area contributed by atoms with Crippen LogP contribution in [0.15, 0.2) is 83.5 Å². The number of hydrogen-bond donors (Lipinski definition) is 0. The van der Waals surface area contributed by atoms with Gasteiger partial charge in [-0.3, -0.25) is 0 Å². The van der Waals surface area contributed by atoms with E-state index in [1.165, 1.54) is 12.1 Å². The van der Waals surface area contributed by atoms with E-state index in [9.17, 15) is 9.18 Å². The molecule has 0 bridgehead atoms. The summed E-state index contributed by atoms with van der Waals surface area (Å²) in [6, 6.07) is 20.3. The monoisotopic (exact) mass is 407 g/mol. The zero-order chi connectivity index (χ0) is 20.2. The molecule has 4 rings (SSSR count). The number of halogens is 2. The highest BCUT2D eigenvalue weighted by molar-refractivity contribution is 6.30. The maximum Gasteiger partial charge on any atom is 0.363 e. The third kappa shape index (κ3) is 4.70. The van der Waals surface area contributed by atoms with Crippen LogP contribution in [0.1, 0.15) is 16.7 Å². The van der Waals surface area contributed by atoms with Gasteiger partial charge in [-0.25, -0.2) is 14.2 Å². The highest BCUT2D eigenvalue weighted by Crippen LogP contribution is 2.22. The smallest absolute Gasteiger partial charge is 0.363 e. The number of hydrogen-bond acceptors (Lipinski definition) is 4. The number of ether oxygens (including phenoxy) is 2. The topological polar surface area (TPSA) is 47.9 Å². The Hall–Kier alpha value is -3.44. The van der Waals surface area contributed by atoms with Crippen LogP contribution < -0.4 is 4.74 Å². The summed E-state index contributed by atoms with van der Waals surface area (Å²) in [5, 5.41) is 0.590. The third-order valence-corrected chi connectivity index (χ3v) is 4.44. The van der Waals surface area contributed by atoms with Gasteiger partial charge in [-0.2, -0.15) is 0 Å². The van der Waals surface area contributed by atoms with Crippen molar-refractivity contribution < 1.29 is 18.7 Å². The van der Waals surface area contributed by atoms with Gasteiger partial charge in [0.05, 0.1) is 0 Å². The lowest BCUT2D eigenvalue weighted by Crippen LogP contribution is -2.05. The first kappa shape index (κ1) is 18.9. The predicted octanol–water partition coefficient (Wildman–Crippen LogP) is 5.40. The summed E-state index contributed by atoms with van der Waals surface area (Å²) >= 11 is 5.88. The number of benzene rings is 3. The lowest BCUT2D eigenvalue weighted by atomic mass is 10.2. The van der Waals surface area contributed by atoms with Crippen molar-refractivity contribution in [2.75, 3.05) is 0 Å². The molecular formula is C23H15ClFNO3. The van der Waals surface area contributed by atoms with E-state index in [-0.39, 0.29) is 17.4 Å². The molecule has 0 saturated carbocycles. The van der Waals surface area contributed by atoms with Crippen molar-refractivity contribution in [3.63, 3.8) is 0 Å². The molecule has 0 spiro atoms. The van der Waals surface area contributed by atoms with Crippen LogP contribution in [0.25, 0.3) is 6.08 Å². The van der Waals surface area contributed by atoms with Crippen molar-refractivity contribution in [1.82, 2.24) is 0 Å². The van der Waals surface area contributed by atoms with E-state index in [0.29, 0.717) is 22.9 Å². The fourth-order valence-electron chi connectivity index (χ4n) is 2.72. The third-order valence-electron chi connectivity index (χ3n) is 4.19. The van der Waals surface area contributed by atoms with Crippen molar-refractivity contribution in [2.45, 2.75) is 6.61 Å². The summed E-state index contributed by atoms with van der Waals surface area (Å²) in [4.78, 5) is 16.4. The second-order valence-corrected chi connectivity index (χ2v) is 6.77. The molecule has 1 aliphatic rings. The minimum absolute atomic E-state index is 0.200. The lowest BCUT2D eigenvalue weighted by Gasteiger charge is -2.07. The molecule has 1 heterocycles. The number of nitrogens with zero attached hydrogens (tertiary/aromatic N) is 1. The Labute approximate surface area is 171 Å². The summed E-state index contributed by atoms with van der Waals surface area (Å²) in [5.41, 5.74) is 2.47. The Bertz CT molecular complexity index is 1110. The number of rotatable bonds is 5. The Morgan fingerprint density at radius 1 is 1.03 bits per heavy atom. The van der Waals surface area contributed by atoms with E-state index in [1.807, 2.05) is 12.1 Å². The molecule has 4 nitrogen and oxygen atoms in total. The van der Waals surface area contributed by atoms with Gasteiger partial charge in [0, 0.05) is 10.6 Å². The Morgan fingerprint density at radius 3 is 2.55 bits per heavy atom. The van der Waals surface area contributed by atoms with Gasteiger partial charge in [0.25, 0.3) is 0 Å². The number of carbonyl (C=O) groups is 1. The fraction of sp³-hybridized carbons (Fsp3) is 0.0435. The number of esters is 1. The van der Waals surface area contributed by atoms with Crippen LogP contribution in [-0.2, 0) is 16.1 Å². The highest BCUT2D eigenvalue weighted by atomic mass is 35.5. The van der Waals surface area contributed by atoms with E-state index in [0.717, 1.165) is 11.1 Å². The Kier molecular flexibility index (Phi) is 5.40. The van der Waals surface area contributed by atoms with Gasteiger partial charge < -0.3 is 9.47 Å². The largest absolute Gasteiger partial charge is 0.489 e. The van der Waals surface area contributed by atoms with Crippen molar-refractivity contribution in [2.24, 2.45) is 4.99 Å². The first-order valence-corrected chi connectivity index (χ1v) is 9.20. The number of aliphatic imine (C=N–C) groups is 1. The maximum absolute atomic E-state index is 13.0. The van der Waals surface area contributed by atoms with E-state index < -0.39 is 5.97 Å². The van der Waals surface area contributed by atoms with Gasteiger partial charge in [0.15, 0.2) is 5.70 Å². The van der Waals surface area contributed by atoms with Crippen LogP contribution in [0.3, 0.4) is 0 Å². The van der Waals surface area contributed by atoms with Crippen LogP contribution in [-0.4, -0.2) is 11.9 Å². The minimum atomic E-state index is -0.521. The molecule has 3 aromatic rings. The van der Waals surface area contributed by atoms with Gasteiger partial charge in [-0.05, 0) is 65.7 Å². The molecule has 6 heteroatoms. The molecule has 0 saturated heterocycles. The van der Waals surface area contributed by atoms with Crippen LogP contribution in [0.2, 0.25) is 5.02 Å². The predicted molar refractivity (Wildman–Crippen MR) is 109 cm³/mol. The van der Waals surface area contributed by atoms with Crippen LogP contribution >= 0.6 is 11.6 Å². The minimum Gasteiger partial charge on any atom is -0.489 e. The first-order chi connectivity index (χ1) is 14.1. The maximum atomic E-state index is 13.0. The lowest BCUT2D eigenvalue weighted by molar-refractivity contribution is -0.129. The zero-order valence-electron chi connectivity index (χ0n) is 15.1. The van der Waals surface area contributed by atoms with Crippen molar-refractivity contribution in [3.05, 3.63) is 106 Å². The fourth-order valence-corrected chi connectivity index (χ4v) is 2.85. The van der Waals surface area contributed by atoms with Gasteiger partial charge in [0.2, 0.25) is 5.90 Å². The molecule has 0 amide bonds. The SMILES string of the molecule is O=C1OC(c2ccc(Cl)cc2)=N/C1=C/c1cccc(OCc2ccc(F)cc2)c1. The number of carbonyl (C=O) groups excluding carboxylic acids is 1.